The van der Waals surface area contributed by atoms with Crippen molar-refractivity contribution in [2.24, 2.45) is 5.73 Å². The Morgan fingerprint density at radius 1 is 1.26 bits per heavy atom. The van der Waals surface area contributed by atoms with Crippen molar-refractivity contribution < 1.29 is 12.5 Å². The fourth-order valence-electron chi connectivity index (χ4n) is 1.76. The minimum atomic E-state index is 0.0302. The van der Waals surface area contributed by atoms with E-state index in [0.717, 1.165) is 37.2 Å². The molecular formula is C14H22INO3. The maximum atomic E-state index is 5.72. The highest BCUT2D eigenvalue weighted by molar-refractivity contribution is 14.1. The van der Waals surface area contributed by atoms with Crippen molar-refractivity contribution in [3.05, 3.63) is 29.8 Å². The van der Waals surface area contributed by atoms with Gasteiger partial charge in [0.15, 0.2) is 0 Å². The van der Waals surface area contributed by atoms with Crippen molar-refractivity contribution in [3.63, 3.8) is 0 Å². The quantitative estimate of drug-likeness (QED) is 0.501. The van der Waals surface area contributed by atoms with Gasteiger partial charge in [0.2, 0.25) is 0 Å². The van der Waals surface area contributed by atoms with Crippen LogP contribution in [0.1, 0.15) is 30.9 Å². The van der Waals surface area contributed by atoms with Crippen molar-refractivity contribution in [2.45, 2.75) is 25.4 Å². The van der Waals surface area contributed by atoms with Crippen LogP contribution in [-0.2, 0) is 7.80 Å². The number of hydrogen-bond acceptors (Lipinski definition) is 4. The number of unbranched alkanes of at least 4 members (excludes halogenated alkanes) is 1. The van der Waals surface area contributed by atoms with Crippen LogP contribution in [0.25, 0.3) is 0 Å². The van der Waals surface area contributed by atoms with E-state index in [1.165, 1.54) is 0 Å². The second-order valence-corrected chi connectivity index (χ2v) is 4.78. The second-order valence-electron chi connectivity index (χ2n) is 4.28. The van der Waals surface area contributed by atoms with Gasteiger partial charge in [-0.1, -0.05) is 12.1 Å². The minimum Gasteiger partial charge on any atom is -0.494 e. The lowest BCUT2D eigenvalue weighted by Gasteiger charge is -2.14. The molecule has 0 aliphatic carbocycles. The van der Waals surface area contributed by atoms with Gasteiger partial charge >= 0.3 is 0 Å². The molecule has 0 aromatic heterocycles. The fraction of sp³-hybridized carbons (Fsp3) is 0.571. The molecule has 19 heavy (non-hydrogen) atoms. The summed E-state index contributed by atoms with van der Waals surface area (Å²) in [5.41, 5.74) is 6.69. The van der Waals surface area contributed by atoms with Crippen molar-refractivity contribution in [2.75, 3.05) is 26.9 Å². The third kappa shape index (κ3) is 6.56. The molecule has 1 rings (SSSR count). The van der Waals surface area contributed by atoms with Crippen molar-refractivity contribution in [1.29, 1.82) is 0 Å². The molecule has 1 atom stereocenters. The third-order valence-corrected chi connectivity index (χ3v) is 3.39. The standard InChI is InChI=1S/C14H22INO3/c1-17-9-2-3-10-18-13-6-4-5-12(11-13)14(19-15)7-8-16/h4-6,11,14H,2-3,7-10,16H2,1H3. The summed E-state index contributed by atoms with van der Waals surface area (Å²) in [4.78, 5) is 0. The highest BCUT2D eigenvalue weighted by atomic mass is 127. The summed E-state index contributed by atoms with van der Waals surface area (Å²) in [5, 5.41) is 0. The van der Waals surface area contributed by atoms with Crippen LogP contribution in [-0.4, -0.2) is 26.9 Å². The second kappa shape index (κ2) is 10.4. The molecule has 0 aliphatic heterocycles. The molecule has 108 valence electrons. The molecule has 0 heterocycles. The van der Waals surface area contributed by atoms with E-state index in [9.17, 15) is 0 Å². The lowest BCUT2D eigenvalue weighted by Crippen LogP contribution is -2.07. The fourth-order valence-corrected chi connectivity index (χ4v) is 2.30. The normalized spacial score (nSPS) is 12.4. The SMILES string of the molecule is COCCCCOc1cccc(C(CCN)OI)c1. The van der Waals surface area contributed by atoms with E-state index in [4.69, 9.17) is 18.3 Å². The number of rotatable bonds is 10. The zero-order chi connectivity index (χ0) is 13.9. The first-order chi connectivity index (χ1) is 9.31. The Hall–Kier alpha value is -0.370. The molecule has 0 bridgehead atoms. The van der Waals surface area contributed by atoms with E-state index in [1.54, 1.807) is 7.11 Å². The van der Waals surface area contributed by atoms with E-state index in [0.29, 0.717) is 13.2 Å². The number of methoxy groups -OCH3 is 1. The average molecular weight is 379 g/mol. The van der Waals surface area contributed by atoms with Crippen LogP contribution >= 0.6 is 23.0 Å². The first-order valence-corrected chi connectivity index (χ1v) is 7.39. The van der Waals surface area contributed by atoms with E-state index < -0.39 is 0 Å². The Morgan fingerprint density at radius 3 is 2.74 bits per heavy atom. The maximum absolute atomic E-state index is 5.72. The Kier molecular flexibility index (Phi) is 9.15. The Morgan fingerprint density at radius 2 is 2.05 bits per heavy atom. The minimum absolute atomic E-state index is 0.0302. The first-order valence-electron chi connectivity index (χ1n) is 6.51. The molecule has 1 unspecified atom stereocenters. The topological polar surface area (TPSA) is 53.7 Å². The summed E-state index contributed by atoms with van der Waals surface area (Å²) < 4.78 is 16.1. The predicted molar refractivity (Wildman–Crippen MR) is 84.6 cm³/mol. The molecule has 1 aromatic rings. The van der Waals surface area contributed by atoms with Gasteiger partial charge in [0.25, 0.3) is 0 Å². The number of halogens is 1. The van der Waals surface area contributed by atoms with E-state index >= 15 is 0 Å². The van der Waals surface area contributed by atoms with Gasteiger partial charge in [-0.05, 0) is 43.5 Å². The number of benzene rings is 1. The van der Waals surface area contributed by atoms with Crippen LogP contribution in [0.15, 0.2) is 24.3 Å². The van der Waals surface area contributed by atoms with Crippen LogP contribution in [0.2, 0.25) is 0 Å². The molecule has 4 nitrogen and oxygen atoms in total. The molecule has 0 saturated heterocycles. The van der Waals surface area contributed by atoms with Gasteiger partial charge in [0.05, 0.1) is 12.7 Å². The maximum Gasteiger partial charge on any atom is 0.119 e. The Bertz CT molecular complexity index is 349. The largest absolute Gasteiger partial charge is 0.494 e. The summed E-state index contributed by atoms with van der Waals surface area (Å²) in [6.45, 7) is 2.10. The molecule has 0 radical (unpaired) electrons. The smallest absolute Gasteiger partial charge is 0.119 e. The van der Waals surface area contributed by atoms with Gasteiger partial charge in [-0.3, -0.25) is 0 Å². The van der Waals surface area contributed by atoms with Gasteiger partial charge in [0.1, 0.15) is 28.8 Å². The number of hydrogen-bond donors (Lipinski definition) is 1. The number of nitrogens with two attached hydrogens (primary N) is 1. The van der Waals surface area contributed by atoms with E-state index in [1.807, 2.05) is 47.3 Å². The predicted octanol–water partition coefficient (Wildman–Crippen LogP) is 3.25. The van der Waals surface area contributed by atoms with Crippen LogP contribution in [0, 0.1) is 0 Å². The van der Waals surface area contributed by atoms with Gasteiger partial charge in [-0.2, -0.15) is 0 Å². The molecule has 0 saturated carbocycles. The zero-order valence-electron chi connectivity index (χ0n) is 11.3. The van der Waals surface area contributed by atoms with Crippen LogP contribution < -0.4 is 10.5 Å². The first kappa shape index (κ1) is 16.7. The summed E-state index contributed by atoms with van der Waals surface area (Å²) in [6.07, 6.45) is 2.85. The summed E-state index contributed by atoms with van der Waals surface area (Å²) in [5.74, 6) is 0.880. The van der Waals surface area contributed by atoms with Gasteiger partial charge in [-0.15, -0.1) is 0 Å². The highest BCUT2D eigenvalue weighted by Crippen LogP contribution is 2.26. The van der Waals surface area contributed by atoms with Crippen LogP contribution in [0.5, 0.6) is 5.75 Å². The van der Waals surface area contributed by atoms with Gasteiger partial charge < -0.3 is 18.3 Å². The van der Waals surface area contributed by atoms with Crippen molar-refractivity contribution in [1.82, 2.24) is 0 Å². The summed E-state index contributed by atoms with van der Waals surface area (Å²) in [7, 11) is 1.71. The molecular weight excluding hydrogens is 357 g/mol. The van der Waals surface area contributed by atoms with Gasteiger partial charge in [-0.25, -0.2) is 0 Å². The highest BCUT2D eigenvalue weighted by Gasteiger charge is 2.11. The monoisotopic (exact) mass is 379 g/mol. The molecule has 0 spiro atoms. The molecule has 0 aliphatic rings. The third-order valence-electron chi connectivity index (χ3n) is 2.78. The average Bonchev–Trinajstić information content (AvgIpc) is 2.45. The number of ether oxygens (including phenoxy) is 2. The van der Waals surface area contributed by atoms with Gasteiger partial charge in [0, 0.05) is 13.7 Å². The summed E-state index contributed by atoms with van der Waals surface area (Å²) >= 11 is 1.92. The molecule has 5 heteroatoms. The molecule has 0 fully saturated rings. The lowest BCUT2D eigenvalue weighted by atomic mass is 10.1. The van der Waals surface area contributed by atoms with Crippen molar-refractivity contribution >= 4 is 23.0 Å². The molecule has 0 amide bonds. The Labute approximate surface area is 129 Å². The van der Waals surface area contributed by atoms with E-state index in [-0.39, 0.29) is 6.10 Å². The lowest BCUT2D eigenvalue weighted by molar-refractivity contribution is 0.184. The molecule has 2 N–H and O–H groups in total. The van der Waals surface area contributed by atoms with Crippen LogP contribution in [0.4, 0.5) is 0 Å². The molecule has 1 aromatic carbocycles. The van der Waals surface area contributed by atoms with E-state index in [2.05, 4.69) is 0 Å². The zero-order valence-corrected chi connectivity index (χ0v) is 13.5. The summed E-state index contributed by atoms with van der Waals surface area (Å²) in [6, 6.07) is 8.01. The van der Waals surface area contributed by atoms with Crippen molar-refractivity contribution in [3.8, 4) is 5.75 Å². The Balaban J connectivity index is 2.46. The van der Waals surface area contributed by atoms with Crippen LogP contribution in [0.3, 0.4) is 0 Å².